The van der Waals surface area contributed by atoms with E-state index in [-0.39, 0.29) is 5.82 Å². The van der Waals surface area contributed by atoms with Crippen LogP contribution in [0.3, 0.4) is 0 Å². The summed E-state index contributed by atoms with van der Waals surface area (Å²) >= 11 is 0. The predicted octanol–water partition coefficient (Wildman–Crippen LogP) is 2.51. The van der Waals surface area contributed by atoms with Crippen molar-refractivity contribution in [3.8, 4) is 0 Å². The molecule has 1 amide bonds. The second kappa shape index (κ2) is 9.75. The van der Waals surface area contributed by atoms with E-state index < -0.39 is 11.4 Å². The molecule has 1 fully saturated rings. The number of aryl methyl sites for hydroxylation is 1. The van der Waals surface area contributed by atoms with Gasteiger partial charge >= 0.3 is 0 Å². The van der Waals surface area contributed by atoms with E-state index in [1.807, 2.05) is 12.1 Å². The number of primary amides is 1. The first-order valence-corrected chi connectivity index (χ1v) is 10.0. The molecule has 1 atom stereocenters. The second-order valence-corrected chi connectivity index (χ2v) is 7.54. The van der Waals surface area contributed by atoms with Crippen molar-refractivity contribution < 1.29 is 9.18 Å². The smallest absolute Gasteiger partial charge is 0.242 e. The highest BCUT2D eigenvalue weighted by molar-refractivity contribution is 5.86. The Bertz CT molecular complexity index is 764. The van der Waals surface area contributed by atoms with Gasteiger partial charge in [-0.3, -0.25) is 15.1 Å². The van der Waals surface area contributed by atoms with Crippen LogP contribution in [0.2, 0.25) is 0 Å². The molecule has 1 aromatic carbocycles. The number of aromatic nitrogens is 1. The third-order valence-electron chi connectivity index (χ3n) is 5.71. The molecule has 0 radical (unpaired) electrons. The molecule has 28 heavy (non-hydrogen) atoms. The molecule has 1 aromatic heterocycles. The summed E-state index contributed by atoms with van der Waals surface area (Å²) in [6.07, 6.45) is 7.82. The van der Waals surface area contributed by atoms with E-state index in [0.29, 0.717) is 30.9 Å². The third-order valence-corrected chi connectivity index (χ3v) is 5.71. The van der Waals surface area contributed by atoms with Gasteiger partial charge in [0.05, 0.1) is 0 Å². The molecule has 4 N–H and O–H groups in total. The largest absolute Gasteiger partial charge is 0.368 e. The number of rotatable bonds is 9. The Kier molecular flexibility index (Phi) is 7.12. The number of halogens is 1. The number of pyridine rings is 1. The van der Waals surface area contributed by atoms with Crippen molar-refractivity contribution >= 4 is 5.91 Å². The Hall–Kier alpha value is -2.31. The number of hydrogen-bond acceptors (Lipinski definition) is 4. The molecule has 150 valence electrons. The highest BCUT2D eigenvalue weighted by Crippen LogP contribution is 2.28. The average Bonchev–Trinajstić information content (AvgIpc) is 2.72. The average molecular weight is 384 g/mol. The Balaban J connectivity index is 1.78. The number of nitrogens with one attached hydrogen (secondary N) is 2. The van der Waals surface area contributed by atoms with E-state index in [1.54, 1.807) is 24.5 Å². The van der Waals surface area contributed by atoms with Crippen LogP contribution >= 0.6 is 0 Å². The lowest BCUT2D eigenvalue weighted by atomic mass is 9.82. The maximum Gasteiger partial charge on any atom is 0.242 e. The number of nitrogens with two attached hydrogens (primary N) is 1. The van der Waals surface area contributed by atoms with Gasteiger partial charge in [-0.25, -0.2) is 4.39 Å². The van der Waals surface area contributed by atoms with Crippen molar-refractivity contribution in [1.82, 2.24) is 15.6 Å². The number of piperidine rings is 1. The van der Waals surface area contributed by atoms with Gasteiger partial charge in [0.2, 0.25) is 5.91 Å². The summed E-state index contributed by atoms with van der Waals surface area (Å²) in [6.45, 7) is 2.75. The standard InChI is InChI=1S/C22H29FN4O/c23-20-3-1-2-19(16-20)22(21(24)28,10-4-17-5-11-25-12-6-17)27-15-9-18-7-13-26-14-8-18/h1-3,5-6,11-12,16,18,26-27H,4,7-10,13-15H2,(H2,24,28). The van der Waals surface area contributed by atoms with Crippen molar-refractivity contribution in [2.24, 2.45) is 11.7 Å². The summed E-state index contributed by atoms with van der Waals surface area (Å²) < 4.78 is 13.9. The maximum absolute atomic E-state index is 13.9. The number of benzene rings is 1. The summed E-state index contributed by atoms with van der Waals surface area (Å²) in [7, 11) is 0. The zero-order valence-electron chi connectivity index (χ0n) is 16.2. The van der Waals surface area contributed by atoms with Gasteiger partial charge in [-0.1, -0.05) is 12.1 Å². The minimum Gasteiger partial charge on any atom is -0.368 e. The lowest BCUT2D eigenvalue weighted by Gasteiger charge is -2.34. The monoisotopic (exact) mass is 384 g/mol. The molecule has 1 aliphatic rings. The second-order valence-electron chi connectivity index (χ2n) is 7.54. The van der Waals surface area contributed by atoms with Crippen LogP contribution in [0, 0.1) is 11.7 Å². The fourth-order valence-electron chi connectivity index (χ4n) is 3.98. The number of amides is 1. The van der Waals surface area contributed by atoms with E-state index in [4.69, 9.17) is 5.73 Å². The van der Waals surface area contributed by atoms with Crippen LogP contribution in [-0.2, 0) is 16.8 Å². The Morgan fingerprint density at radius 1 is 1.25 bits per heavy atom. The van der Waals surface area contributed by atoms with Crippen LogP contribution in [-0.4, -0.2) is 30.5 Å². The Morgan fingerprint density at radius 3 is 2.68 bits per heavy atom. The minimum atomic E-state index is -1.10. The van der Waals surface area contributed by atoms with Crippen molar-refractivity contribution in [3.05, 3.63) is 65.7 Å². The van der Waals surface area contributed by atoms with Crippen LogP contribution in [0.4, 0.5) is 4.39 Å². The molecule has 5 nitrogen and oxygen atoms in total. The maximum atomic E-state index is 13.9. The fourth-order valence-corrected chi connectivity index (χ4v) is 3.98. The highest BCUT2D eigenvalue weighted by atomic mass is 19.1. The van der Waals surface area contributed by atoms with Gasteiger partial charge in [-0.15, -0.1) is 0 Å². The Labute approximate surface area is 165 Å². The molecular formula is C22H29FN4O. The summed E-state index contributed by atoms with van der Waals surface area (Å²) in [6, 6.07) is 10.0. The molecule has 0 aliphatic carbocycles. The molecule has 1 saturated heterocycles. The molecule has 3 rings (SSSR count). The summed E-state index contributed by atoms with van der Waals surface area (Å²) in [4.78, 5) is 16.7. The molecule has 0 saturated carbocycles. The minimum absolute atomic E-state index is 0.368. The molecule has 1 unspecified atom stereocenters. The van der Waals surface area contributed by atoms with Crippen molar-refractivity contribution in [2.75, 3.05) is 19.6 Å². The topological polar surface area (TPSA) is 80.0 Å². The number of carbonyl (C=O) groups excluding carboxylic acids is 1. The zero-order valence-corrected chi connectivity index (χ0v) is 16.2. The van der Waals surface area contributed by atoms with Crippen LogP contribution in [0.25, 0.3) is 0 Å². The first-order chi connectivity index (χ1) is 13.6. The van der Waals surface area contributed by atoms with Crippen LogP contribution in [0.15, 0.2) is 48.8 Å². The van der Waals surface area contributed by atoms with Crippen LogP contribution in [0.5, 0.6) is 0 Å². The summed E-state index contributed by atoms with van der Waals surface area (Å²) in [5.41, 5.74) is 6.44. The van der Waals surface area contributed by atoms with E-state index in [0.717, 1.165) is 37.9 Å². The van der Waals surface area contributed by atoms with Gasteiger partial charge in [0.1, 0.15) is 11.4 Å². The predicted molar refractivity (Wildman–Crippen MR) is 108 cm³/mol. The van der Waals surface area contributed by atoms with Crippen LogP contribution < -0.4 is 16.4 Å². The van der Waals surface area contributed by atoms with Gasteiger partial charge in [0.25, 0.3) is 0 Å². The highest BCUT2D eigenvalue weighted by Gasteiger charge is 2.38. The molecule has 2 heterocycles. The van der Waals surface area contributed by atoms with E-state index in [1.165, 1.54) is 12.1 Å². The lowest BCUT2D eigenvalue weighted by Crippen LogP contribution is -2.53. The molecule has 1 aliphatic heterocycles. The number of carbonyl (C=O) groups is 1. The molecule has 6 heteroatoms. The van der Waals surface area contributed by atoms with E-state index >= 15 is 0 Å². The van der Waals surface area contributed by atoms with Crippen molar-refractivity contribution in [2.45, 2.75) is 37.6 Å². The van der Waals surface area contributed by atoms with E-state index in [9.17, 15) is 9.18 Å². The van der Waals surface area contributed by atoms with E-state index in [2.05, 4.69) is 15.6 Å². The van der Waals surface area contributed by atoms with Gasteiger partial charge in [-0.2, -0.15) is 0 Å². The van der Waals surface area contributed by atoms with Crippen molar-refractivity contribution in [1.29, 1.82) is 0 Å². The summed E-state index contributed by atoms with van der Waals surface area (Å²) in [5.74, 6) is -0.211. The van der Waals surface area contributed by atoms with Gasteiger partial charge in [0.15, 0.2) is 0 Å². The lowest BCUT2D eigenvalue weighted by molar-refractivity contribution is -0.125. The quantitative estimate of drug-likeness (QED) is 0.621. The third kappa shape index (κ3) is 5.14. The molecule has 2 aromatic rings. The van der Waals surface area contributed by atoms with Gasteiger partial charge < -0.3 is 11.1 Å². The normalized spacial score (nSPS) is 17.2. The zero-order chi connectivity index (χ0) is 19.8. The Morgan fingerprint density at radius 2 is 2.00 bits per heavy atom. The first-order valence-electron chi connectivity index (χ1n) is 10.0. The molecule has 0 spiro atoms. The number of hydrogen-bond donors (Lipinski definition) is 3. The van der Waals surface area contributed by atoms with Gasteiger partial charge in [0, 0.05) is 12.4 Å². The SMILES string of the molecule is NC(=O)C(CCc1ccncc1)(NCCC1CCNCC1)c1cccc(F)c1. The first kappa shape index (κ1) is 20.4. The molecule has 0 bridgehead atoms. The van der Waals surface area contributed by atoms with Crippen molar-refractivity contribution in [3.63, 3.8) is 0 Å². The fraction of sp³-hybridized carbons (Fsp3) is 0.455. The summed E-state index contributed by atoms with van der Waals surface area (Å²) in [5, 5.41) is 6.79. The van der Waals surface area contributed by atoms with Gasteiger partial charge in [-0.05, 0) is 93.0 Å². The number of nitrogens with zero attached hydrogens (tertiary/aromatic N) is 1. The molecular weight excluding hydrogens is 355 g/mol. The van der Waals surface area contributed by atoms with Crippen LogP contribution in [0.1, 0.15) is 36.8 Å².